The highest BCUT2D eigenvalue weighted by Crippen LogP contribution is 2.40. The topological polar surface area (TPSA) is 67.6 Å². The van der Waals surface area contributed by atoms with E-state index in [0.29, 0.717) is 18.4 Å². The summed E-state index contributed by atoms with van der Waals surface area (Å²) in [6.07, 6.45) is 4.46. The molecule has 0 bridgehead atoms. The third-order valence-electron chi connectivity index (χ3n) is 4.79. The molecule has 1 atom stereocenters. The maximum Gasteiger partial charge on any atom is 0.321 e. The number of nitrogens with zero attached hydrogens (tertiary/aromatic N) is 2. The molecule has 1 aromatic heterocycles. The standard InChI is InChI=1S/C18H23N3O3/c1-23-11-12-3-2-8-21(10-12)18(22)19-14-6-7-15-16(9-14)24-17(20-15)13-4-5-13/h6-7,9,12-13H,2-5,8,10-11H2,1H3,(H,19,22)/t12-/m1/s1. The second-order valence-electron chi connectivity index (χ2n) is 6.85. The van der Waals surface area contributed by atoms with Gasteiger partial charge in [-0.25, -0.2) is 9.78 Å². The average Bonchev–Trinajstić information content (AvgIpc) is 3.35. The van der Waals surface area contributed by atoms with E-state index in [9.17, 15) is 4.79 Å². The van der Waals surface area contributed by atoms with E-state index in [1.165, 1.54) is 0 Å². The molecule has 1 N–H and O–H groups in total. The number of rotatable bonds is 4. The number of fused-ring (bicyclic) bond motifs is 1. The molecule has 1 saturated heterocycles. The van der Waals surface area contributed by atoms with Gasteiger partial charge in [0.15, 0.2) is 11.5 Å². The SMILES string of the molecule is COC[C@@H]1CCCN(C(=O)Nc2ccc3nc(C4CC4)oc3c2)C1. The van der Waals surface area contributed by atoms with Gasteiger partial charge in [0, 0.05) is 43.8 Å². The highest BCUT2D eigenvalue weighted by molar-refractivity contribution is 5.91. The average molecular weight is 329 g/mol. The van der Waals surface area contributed by atoms with E-state index in [2.05, 4.69) is 10.3 Å². The van der Waals surface area contributed by atoms with Gasteiger partial charge in [0.2, 0.25) is 0 Å². The summed E-state index contributed by atoms with van der Waals surface area (Å²) in [6, 6.07) is 5.60. The van der Waals surface area contributed by atoms with Crippen LogP contribution in [0.3, 0.4) is 0 Å². The van der Waals surface area contributed by atoms with Crippen LogP contribution in [-0.4, -0.2) is 42.7 Å². The van der Waals surface area contributed by atoms with Crippen LogP contribution >= 0.6 is 0 Å². The number of carbonyl (C=O) groups is 1. The summed E-state index contributed by atoms with van der Waals surface area (Å²) in [6.45, 7) is 2.25. The molecule has 6 nitrogen and oxygen atoms in total. The number of anilines is 1. The molecule has 1 aliphatic heterocycles. The molecule has 4 rings (SSSR count). The minimum atomic E-state index is -0.0583. The number of urea groups is 1. The fourth-order valence-corrected chi connectivity index (χ4v) is 3.35. The van der Waals surface area contributed by atoms with Crippen molar-refractivity contribution < 1.29 is 13.9 Å². The lowest BCUT2D eigenvalue weighted by molar-refractivity contribution is 0.104. The highest BCUT2D eigenvalue weighted by Gasteiger charge is 2.29. The monoisotopic (exact) mass is 329 g/mol. The summed E-state index contributed by atoms with van der Waals surface area (Å²) in [5, 5.41) is 2.98. The number of amides is 2. The van der Waals surface area contributed by atoms with E-state index in [1.807, 2.05) is 23.1 Å². The minimum absolute atomic E-state index is 0.0583. The molecule has 2 heterocycles. The number of likely N-dealkylation sites (tertiary alicyclic amines) is 1. The fourth-order valence-electron chi connectivity index (χ4n) is 3.35. The summed E-state index contributed by atoms with van der Waals surface area (Å²) in [5.41, 5.74) is 2.35. The van der Waals surface area contributed by atoms with Crippen LogP contribution in [-0.2, 0) is 4.74 Å². The van der Waals surface area contributed by atoms with E-state index in [4.69, 9.17) is 9.15 Å². The van der Waals surface area contributed by atoms with Crippen LogP contribution in [0, 0.1) is 5.92 Å². The molecule has 24 heavy (non-hydrogen) atoms. The van der Waals surface area contributed by atoms with Gasteiger partial charge in [0.05, 0.1) is 6.61 Å². The van der Waals surface area contributed by atoms with Crippen molar-refractivity contribution in [2.75, 3.05) is 32.1 Å². The van der Waals surface area contributed by atoms with Crippen molar-refractivity contribution in [3.05, 3.63) is 24.1 Å². The Morgan fingerprint density at radius 2 is 2.29 bits per heavy atom. The van der Waals surface area contributed by atoms with Gasteiger partial charge in [-0.2, -0.15) is 0 Å². The van der Waals surface area contributed by atoms with E-state index in [0.717, 1.165) is 61.5 Å². The molecule has 2 aromatic rings. The summed E-state index contributed by atoms with van der Waals surface area (Å²) in [5.74, 6) is 1.74. The molecule has 6 heteroatoms. The van der Waals surface area contributed by atoms with Crippen LogP contribution in [0.2, 0.25) is 0 Å². The van der Waals surface area contributed by atoms with Crippen LogP contribution in [0.5, 0.6) is 0 Å². The molecular weight excluding hydrogens is 306 g/mol. The number of carbonyl (C=O) groups excluding carboxylic acids is 1. The van der Waals surface area contributed by atoms with Crippen molar-refractivity contribution in [1.82, 2.24) is 9.88 Å². The van der Waals surface area contributed by atoms with E-state index >= 15 is 0 Å². The maximum atomic E-state index is 12.5. The molecule has 2 amide bonds. The lowest BCUT2D eigenvalue weighted by Gasteiger charge is -2.32. The number of benzene rings is 1. The second-order valence-corrected chi connectivity index (χ2v) is 6.85. The van der Waals surface area contributed by atoms with Gasteiger partial charge in [0.25, 0.3) is 0 Å². The van der Waals surface area contributed by atoms with Crippen LogP contribution in [0.1, 0.15) is 37.5 Å². The summed E-state index contributed by atoms with van der Waals surface area (Å²) >= 11 is 0. The third kappa shape index (κ3) is 3.24. The number of aromatic nitrogens is 1. The Labute approximate surface area is 141 Å². The Morgan fingerprint density at radius 3 is 3.08 bits per heavy atom. The molecule has 1 saturated carbocycles. The van der Waals surface area contributed by atoms with Crippen LogP contribution in [0.25, 0.3) is 11.1 Å². The Morgan fingerprint density at radius 1 is 1.42 bits per heavy atom. The molecule has 128 valence electrons. The zero-order chi connectivity index (χ0) is 16.5. The van der Waals surface area contributed by atoms with Crippen LogP contribution in [0.15, 0.2) is 22.6 Å². The molecule has 1 aromatic carbocycles. The molecule has 2 aliphatic rings. The number of methoxy groups -OCH3 is 1. The largest absolute Gasteiger partial charge is 0.440 e. The van der Waals surface area contributed by atoms with E-state index in [1.54, 1.807) is 7.11 Å². The lowest BCUT2D eigenvalue weighted by atomic mass is 9.99. The Kier molecular flexibility index (Phi) is 4.14. The van der Waals surface area contributed by atoms with Crippen LogP contribution in [0.4, 0.5) is 10.5 Å². The fraction of sp³-hybridized carbons (Fsp3) is 0.556. The zero-order valence-corrected chi connectivity index (χ0v) is 14.0. The zero-order valence-electron chi connectivity index (χ0n) is 14.0. The first-order valence-electron chi connectivity index (χ1n) is 8.68. The normalized spacial score (nSPS) is 21.2. The van der Waals surface area contributed by atoms with Gasteiger partial charge >= 0.3 is 6.03 Å². The molecule has 0 radical (unpaired) electrons. The Bertz CT molecular complexity index is 736. The number of ether oxygens (including phenoxy) is 1. The first-order valence-corrected chi connectivity index (χ1v) is 8.68. The summed E-state index contributed by atoms with van der Waals surface area (Å²) in [4.78, 5) is 18.9. The van der Waals surface area contributed by atoms with Gasteiger partial charge in [-0.3, -0.25) is 0 Å². The lowest BCUT2D eigenvalue weighted by Crippen LogP contribution is -2.43. The Balaban J connectivity index is 1.43. The van der Waals surface area contributed by atoms with Crippen molar-refractivity contribution in [1.29, 1.82) is 0 Å². The molecule has 1 aliphatic carbocycles. The quantitative estimate of drug-likeness (QED) is 0.930. The van der Waals surface area contributed by atoms with Gasteiger partial charge in [-0.15, -0.1) is 0 Å². The van der Waals surface area contributed by atoms with E-state index in [-0.39, 0.29) is 6.03 Å². The third-order valence-corrected chi connectivity index (χ3v) is 4.79. The van der Waals surface area contributed by atoms with Crippen molar-refractivity contribution in [2.45, 2.75) is 31.6 Å². The van der Waals surface area contributed by atoms with Crippen molar-refractivity contribution >= 4 is 22.8 Å². The predicted octanol–water partition coefficient (Wildman–Crippen LogP) is 3.60. The number of oxazole rings is 1. The summed E-state index contributed by atoms with van der Waals surface area (Å²) in [7, 11) is 1.71. The predicted molar refractivity (Wildman–Crippen MR) is 91.2 cm³/mol. The maximum absolute atomic E-state index is 12.5. The van der Waals surface area contributed by atoms with Gasteiger partial charge < -0.3 is 19.4 Å². The highest BCUT2D eigenvalue weighted by atomic mass is 16.5. The minimum Gasteiger partial charge on any atom is -0.440 e. The van der Waals surface area contributed by atoms with Crippen molar-refractivity contribution in [2.24, 2.45) is 5.92 Å². The van der Waals surface area contributed by atoms with Gasteiger partial charge in [0.1, 0.15) is 5.52 Å². The molecule has 0 spiro atoms. The number of hydrogen-bond donors (Lipinski definition) is 1. The first-order chi connectivity index (χ1) is 11.7. The summed E-state index contributed by atoms with van der Waals surface area (Å²) < 4.78 is 11.0. The number of piperidine rings is 1. The van der Waals surface area contributed by atoms with Crippen molar-refractivity contribution in [3.63, 3.8) is 0 Å². The van der Waals surface area contributed by atoms with Gasteiger partial charge in [-0.05, 0) is 37.8 Å². The molecule has 0 unspecified atom stereocenters. The molecule has 2 fully saturated rings. The van der Waals surface area contributed by atoms with Crippen molar-refractivity contribution in [3.8, 4) is 0 Å². The second kappa shape index (κ2) is 6.43. The number of nitrogens with one attached hydrogen (secondary N) is 1. The van der Waals surface area contributed by atoms with E-state index < -0.39 is 0 Å². The molecular formula is C18H23N3O3. The smallest absolute Gasteiger partial charge is 0.321 e. The Hall–Kier alpha value is -2.08. The van der Waals surface area contributed by atoms with Crippen LogP contribution < -0.4 is 5.32 Å². The number of hydrogen-bond acceptors (Lipinski definition) is 4. The first kappa shape index (κ1) is 15.4. The van der Waals surface area contributed by atoms with Gasteiger partial charge in [-0.1, -0.05) is 0 Å².